The molecule has 0 saturated carbocycles. The Labute approximate surface area is 234 Å². The van der Waals surface area contributed by atoms with Crippen molar-refractivity contribution >= 4 is 29.6 Å². The number of methoxy groups -OCH3 is 1. The van der Waals surface area contributed by atoms with Crippen molar-refractivity contribution in [3.05, 3.63) is 65.7 Å². The van der Waals surface area contributed by atoms with Gasteiger partial charge in [0.15, 0.2) is 0 Å². The van der Waals surface area contributed by atoms with Crippen molar-refractivity contribution in [2.45, 2.75) is 31.6 Å². The monoisotopic (exact) mass is 549 g/mol. The molecule has 0 aliphatic carbocycles. The Morgan fingerprint density at radius 2 is 1.87 bits per heavy atom. The third kappa shape index (κ3) is 6.67. The average molecular weight is 550 g/mol. The Morgan fingerprint density at radius 1 is 1.13 bits per heavy atom. The van der Waals surface area contributed by atoms with E-state index in [1.165, 1.54) is 0 Å². The predicted octanol–water partition coefficient (Wildman–Crippen LogP) is 2.43. The molecule has 2 heterocycles. The molecule has 0 unspecified atom stereocenters. The highest BCUT2D eigenvalue weighted by Crippen LogP contribution is 2.28. The van der Waals surface area contributed by atoms with Crippen molar-refractivity contribution in [3.63, 3.8) is 0 Å². The number of benzene rings is 2. The van der Waals surface area contributed by atoms with E-state index in [1.807, 2.05) is 60.9 Å². The van der Waals surface area contributed by atoms with E-state index in [0.29, 0.717) is 31.7 Å². The Bertz CT molecular complexity index is 1190. The Hall–Kier alpha value is -3.68. The fourth-order valence-electron chi connectivity index (χ4n) is 5.06. The molecule has 10 heteroatoms. The van der Waals surface area contributed by atoms with Crippen molar-refractivity contribution in [2.75, 3.05) is 45.3 Å². The number of urea groups is 1. The highest BCUT2D eigenvalue weighted by molar-refractivity contribution is 7.98. The number of carbonyl (C=O) groups excluding carboxylic acids is 3. The second-order valence-electron chi connectivity index (χ2n) is 9.48. The van der Waals surface area contributed by atoms with Crippen LogP contribution in [0.3, 0.4) is 0 Å². The number of fused-ring (bicyclic) bond motifs is 1. The van der Waals surface area contributed by atoms with Gasteiger partial charge in [0, 0.05) is 13.1 Å². The highest BCUT2D eigenvalue weighted by atomic mass is 32.2. The summed E-state index contributed by atoms with van der Waals surface area (Å²) < 4.78 is 5.25. The van der Waals surface area contributed by atoms with Gasteiger partial charge in [-0.2, -0.15) is 16.8 Å². The Morgan fingerprint density at radius 3 is 2.54 bits per heavy atom. The molecule has 4 amide bonds. The lowest BCUT2D eigenvalue weighted by Gasteiger charge is -2.55. The van der Waals surface area contributed by atoms with Gasteiger partial charge in [-0.15, -0.1) is 6.42 Å². The minimum atomic E-state index is -0.657. The lowest BCUT2D eigenvalue weighted by Crippen LogP contribution is -2.76. The van der Waals surface area contributed by atoms with Crippen LogP contribution >= 0.6 is 11.8 Å². The summed E-state index contributed by atoms with van der Waals surface area (Å²) in [5.41, 5.74) is 2.02. The molecular formula is C29H35N5O4S. The van der Waals surface area contributed by atoms with Crippen LogP contribution in [0.2, 0.25) is 0 Å². The molecule has 2 fully saturated rings. The van der Waals surface area contributed by atoms with Gasteiger partial charge in [0.2, 0.25) is 11.8 Å². The summed E-state index contributed by atoms with van der Waals surface area (Å²) in [7, 11) is 1.62. The van der Waals surface area contributed by atoms with Gasteiger partial charge in [0.05, 0.1) is 26.7 Å². The number of nitrogens with zero attached hydrogens (tertiary/aromatic N) is 4. The van der Waals surface area contributed by atoms with Gasteiger partial charge in [-0.05, 0) is 48.1 Å². The van der Waals surface area contributed by atoms with E-state index in [-0.39, 0.29) is 37.5 Å². The first-order valence-electron chi connectivity index (χ1n) is 13.0. The summed E-state index contributed by atoms with van der Waals surface area (Å²) in [5, 5.41) is 6.13. The topological polar surface area (TPSA) is 85.4 Å². The lowest BCUT2D eigenvalue weighted by atomic mass is 10.0. The quantitative estimate of drug-likeness (QED) is 0.459. The van der Waals surface area contributed by atoms with E-state index in [4.69, 9.17) is 11.2 Å². The van der Waals surface area contributed by atoms with Gasteiger partial charge in [-0.25, -0.2) is 9.80 Å². The molecule has 2 aliphatic rings. The number of hydrazine groups is 1. The van der Waals surface area contributed by atoms with Gasteiger partial charge < -0.3 is 19.9 Å². The second-order valence-corrected chi connectivity index (χ2v) is 10.5. The molecule has 1 N–H and O–H groups in total. The number of thioether (sulfide) groups is 1. The molecule has 0 spiro atoms. The summed E-state index contributed by atoms with van der Waals surface area (Å²) in [6.07, 6.45) is 8.09. The van der Waals surface area contributed by atoms with Gasteiger partial charge in [-0.3, -0.25) is 9.59 Å². The third-order valence-corrected chi connectivity index (χ3v) is 7.67. The van der Waals surface area contributed by atoms with E-state index in [2.05, 4.69) is 11.2 Å². The van der Waals surface area contributed by atoms with Crippen LogP contribution in [-0.4, -0.2) is 95.2 Å². The molecule has 0 aromatic heterocycles. The van der Waals surface area contributed by atoms with Crippen molar-refractivity contribution in [1.29, 1.82) is 0 Å². The number of amides is 4. The summed E-state index contributed by atoms with van der Waals surface area (Å²) in [5.74, 6) is 3.78. The van der Waals surface area contributed by atoms with Crippen molar-refractivity contribution in [2.24, 2.45) is 0 Å². The fourth-order valence-corrected chi connectivity index (χ4v) is 5.51. The number of ether oxygens (including phenoxy) is 1. The minimum absolute atomic E-state index is 0.0612. The molecule has 2 aliphatic heterocycles. The zero-order chi connectivity index (χ0) is 27.8. The van der Waals surface area contributed by atoms with E-state index >= 15 is 0 Å². The summed E-state index contributed by atoms with van der Waals surface area (Å²) in [6.45, 7) is 1.04. The average Bonchev–Trinajstić information content (AvgIpc) is 2.95. The predicted molar refractivity (Wildman–Crippen MR) is 152 cm³/mol. The van der Waals surface area contributed by atoms with Gasteiger partial charge >= 0.3 is 6.03 Å². The molecule has 0 radical (unpaired) electrons. The maximum Gasteiger partial charge on any atom is 0.334 e. The number of nitrogens with one attached hydrogen (secondary N) is 1. The second kappa shape index (κ2) is 13.4. The summed E-state index contributed by atoms with van der Waals surface area (Å²) in [6, 6.07) is 16.4. The normalized spacial score (nSPS) is 19.5. The van der Waals surface area contributed by atoms with E-state index in [9.17, 15) is 14.4 Å². The van der Waals surface area contributed by atoms with Crippen LogP contribution in [0.4, 0.5) is 4.79 Å². The van der Waals surface area contributed by atoms with E-state index in [0.717, 1.165) is 16.9 Å². The van der Waals surface area contributed by atoms with Crippen LogP contribution in [0, 0.1) is 12.3 Å². The van der Waals surface area contributed by atoms with Crippen molar-refractivity contribution in [3.8, 4) is 18.1 Å². The molecule has 2 aromatic rings. The van der Waals surface area contributed by atoms with Crippen LogP contribution < -0.4 is 10.1 Å². The molecule has 2 atom stereocenters. The van der Waals surface area contributed by atoms with E-state index < -0.39 is 12.2 Å². The van der Waals surface area contributed by atoms with Crippen LogP contribution in [0.25, 0.3) is 0 Å². The van der Waals surface area contributed by atoms with Gasteiger partial charge in [0.25, 0.3) is 0 Å². The van der Waals surface area contributed by atoms with E-state index in [1.54, 1.807) is 38.7 Å². The number of terminal acetylenes is 1. The molecule has 206 valence electrons. The highest BCUT2D eigenvalue weighted by Gasteiger charge is 2.50. The fraction of sp³-hybridized carbons (Fsp3) is 0.414. The maximum absolute atomic E-state index is 13.7. The largest absolute Gasteiger partial charge is 0.497 e. The van der Waals surface area contributed by atoms with Crippen molar-refractivity contribution in [1.82, 2.24) is 25.1 Å². The van der Waals surface area contributed by atoms with Crippen LogP contribution in [0.5, 0.6) is 5.75 Å². The SMILES string of the molecule is C#CCN1CC(=O)N2[C@@H](CCSC)C(=O)N(CCc3ccc(OC)cc3)C[C@@H]2N1C(=O)NCc1ccccc1. The third-order valence-electron chi connectivity index (χ3n) is 7.02. The molecule has 2 saturated heterocycles. The zero-order valence-electron chi connectivity index (χ0n) is 22.4. The first-order valence-corrected chi connectivity index (χ1v) is 14.4. The number of hydrogen-bond donors (Lipinski definition) is 1. The molecule has 2 aromatic carbocycles. The Balaban J connectivity index is 1.59. The first-order chi connectivity index (χ1) is 19.0. The Kier molecular flexibility index (Phi) is 9.74. The summed E-state index contributed by atoms with van der Waals surface area (Å²) >= 11 is 1.62. The zero-order valence-corrected chi connectivity index (χ0v) is 23.2. The number of piperazine rings is 1. The van der Waals surface area contributed by atoms with Crippen LogP contribution in [0.15, 0.2) is 54.6 Å². The van der Waals surface area contributed by atoms with Crippen LogP contribution in [-0.2, 0) is 22.6 Å². The number of hydrogen-bond acceptors (Lipinski definition) is 6. The maximum atomic E-state index is 13.7. The van der Waals surface area contributed by atoms with Crippen LogP contribution in [0.1, 0.15) is 17.5 Å². The molecule has 9 nitrogen and oxygen atoms in total. The van der Waals surface area contributed by atoms with Gasteiger partial charge in [0.1, 0.15) is 18.0 Å². The van der Waals surface area contributed by atoms with Gasteiger partial charge in [-0.1, -0.05) is 48.4 Å². The van der Waals surface area contributed by atoms with Crippen molar-refractivity contribution < 1.29 is 19.1 Å². The number of rotatable bonds is 10. The minimum Gasteiger partial charge on any atom is -0.497 e. The number of carbonyl (C=O) groups is 3. The summed E-state index contributed by atoms with van der Waals surface area (Å²) in [4.78, 5) is 44.1. The lowest BCUT2D eigenvalue weighted by molar-refractivity contribution is -0.188. The molecule has 0 bridgehead atoms. The smallest absolute Gasteiger partial charge is 0.334 e. The molecule has 39 heavy (non-hydrogen) atoms. The standard InChI is InChI=1S/C29H35N5O4S/c1-4-16-32-21-27(35)33-25(15-18-39-3)28(36)31(17-14-22-10-12-24(38-2)13-11-22)20-26(33)34(32)29(37)30-19-23-8-6-5-7-9-23/h1,5-13,25-26H,14-21H2,2-3H3,(H,30,37)/t25-,26-/m0/s1. The molecule has 4 rings (SSSR count). The first kappa shape index (κ1) is 28.3. The molecular weight excluding hydrogens is 514 g/mol.